The average Bonchev–Trinajstić information content (AvgIpc) is 3.14. The number of rotatable bonds is 5. The number of hydrogen-bond acceptors (Lipinski definition) is 4. The molecule has 1 amide bonds. The van der Waals surface area contributed by atoms with E-state index in [1.54, 1.807) is 37.3 Å². The summed E-state index contributed by atoms with van der Waals surface area (Å²) in [6.07, 6.45) is -0.762. The molecule has 1 aromatic heterocycles. The number of benzene rings is 3. The zero-order chi connectivity index (χ0) is 20.4. The van der Waals surface area contributed by atoms with E-state index in [2.05, 4.69) is 10.3 Å². The Hall–Kier alpha value is -3.02. The molecule has 5 nitrogen and oxygen atoms in total. The molecule has 0 fully saturated rings. The first-order chi connectivity index (χ1) is 14.0. The van der Waals surface area contributed by atoms with Gasteiger partial charge in [-0.1, -0.05) is 41.4 Å². The number of oxazole rings is 1. The summed E-state index contributed by atoms with van der Waals surface area (Å²) in [5.41, 5.74) is 2.85. The largest absolute Gasteiger partial charge is 0.479 e. The second kappa shape index (κ2) is 8.15. The van der Waals surface area contributed by atoms with Crippen LogP contribution in [0, 0.1) is 0 Å². The summed E-state index contributed by atoms with van der Waals surface area (Å²) < 4.78 is 11.4. The van der Waals surface area contributed by atoms with Crippen LogP contribution in [0.2, 0.25) is 10.0 Å². The second-order valence-corrected chi connectivity index (χ2v) is 7.24. The normalized spacial score (nSPS) is 12.0. The SMILES string of the molecule is CC(Oc1ccc(Cl)cc1Cl)C(=O)Nc1cccc(-c2nc3ccccc3o2)c1. The molecular formula is C22H16Cl2N2O3. The zero-order valence-electron chi connectivity index (χ0n) is 15.4. The third-order valence-corrected chi connectivity index (χ3v) is 4.77. The topological polar surface area (TPSA) is 64.4 Å². The van der Waals surface area contributed by atoms with Crippen molar-refractivity contribution in [3.05, 3.63) is 76.8 Å². The summed E-state index contributed by atoms with van der Waals surface area (Å²) in [5, 5.41) is 3.67. The highest BCUT2D eigenvalue weighted by molar-refractivity contribution is 6.35. The summed E-state index contributed by atoms with van der Waals surface area (Å²) in [5.74, 6) is 0.559. The highest BCUT2D eigenvalue weighted by atomic mass is 35.5. The highest BCUT2D eigenvalue weighted by Crippen LogP contribution is 2.29. The number of aromatic nitrogens is 1. The van der Waals surface area contributed by atoms with E-state index < -0.39 is 6.10 Å². The molecule has 146 valence electrons. The van der Waals surface area contributed by atoms with Crippen molar-refractivity contribution in [3.8, 4) is 17.2 Å². The van der Waals surface area contributed by atoms with Gasteiger partial charge in [0, 0.05) is 16.3 Å². The quantitative estimate of drug-likeness (QED) is 0.412. The van der Waals surface area contributed by atoms with Gasteiger partial charge in [0.2, 0.25) is 5.89 Å². The first-order valence-corrected chi connectivity index (χ1v) is 9.64. The maximum atomic E-state index is 12.5. The average molecular weight is 427 g/mol. The van der Waals surface area contributed by atoms with Crippen LogP contribution < -0.4 is 10.1 Å². The van der Waals surface area contributed by atoms with Crippen LogP contribution in [0.1, 0.15) is 6.92 Å². The number of ether oxygens (including phenoxy) is 1. The van der Waals surface area contributed by atoms with Gasteiger partial charge in [-0.2, -0.15) is 0 Å². The predicted molar refractivity (Wildman–Crippen MR) is 115 cm³/mol. The Balaban J connectivity index is 1.49. The summed E-state index contributed by atoms with van der Waals surface area (Å²) in [6, 6.07) is 19.6. The number of fused-ring (bicyclic) bond motifs is 1. The van der Waals surface area contributed by atoms with Crippen LogP contribution in [-0.4, -0.2) is 17.0 Å². The number of hydrogen-bond donors (Lipinski definition) is 1. The van der Waals surface area contributed by atoms with Crippen molar-refractivity contribution in [2.24, 2.45) is 0 Å². The van der Waals surface area contributed by atoms with Gasteiger partial charge in [-0.3, -0.25) is 4.79 Å². The molecule has 1 N–H and O–H groups in total. The number of amides is 1. The molecule has 7 heteroatoms. The molecule has 1 unspecified atom stereocenters. The third-order valence-electron chi connectivity index (χ3n) is 4.24. The minimum Gasteiger partial charge on any atom is -0.479 e. The monoisotopic (exact) mass is 426 g/mol. The summed E-state index contributed by atoms with van der Waals surface area (Å²) in [7, 11) is 0. The van der Waals surface area contributed by atoms with Crippen molar-refractivity contribution in [1.29, 1.82) is 0 Å². The van der Waals surface area contributed by atoms with Crippen LogP contribution in [0.5, 0.6) is 5.75 Å². The molecule has 0 saturated carbocycles. The minimum atomic E-state index is -0.762. The summed E-state index contributed by atoms with van der Waals surface area (Å²) in [4.78, 5) is 17.0. The zero-order valence-corrected chi connectivity index (χ0v) is 16.9. The molecule has 1 heterocycles. The van der Waals surface area contributed by atoms with Gasteiger partial charge in [0.15, 0.2) is 11.7 Å². The Morgan fingerprint density at radius 1 is 1.07 bits per heavy atom. The Kier molecular flexibility index (Phi) is 5.43. The Bertz CT molecular complexity index is 1160. The van der Waals surface area contributed by atoms with Gasteiger partial charge in [-0.25, -0.2) is 4.98 Å². The molecule has 0 aliphatic carbocycles. The fourth-order valence-corrected chi connectivity index (χ4v) is 3.24. The molecule has 4 aromatic rings. The number of carbonyl (C=O) groups is 1. The Morgan fingerprint density at radius 3 is 2.69 bits per heavy atom. The van der Waals surface area contributed by atoms with Crippen molar-refractivity contribution >= 4 is 45.9 Å². The van der Waals surface area contributed by atoms with Gasteiger partial charge in [0.05, 0.1) is 5.02 Å². The Labute approximate surface area is 177 Å². The highest BCUT2D eigenvalue weighted by Gasteiger charge is 2.17. The van der Waals surface area contributed by atoms with E-state index in [0.29, 0.717) is 33.0 Å². The lowest BCUT2D eigenvalue weighted by Crippen LogP contribution is -2.30. The molecule has 1 atom stereocenters. The van der Waals surface area contributed by atoms with Gasteiger partial charge >= 0.3 is 0 Å². The minimum absolute atomic E-state index is 0.314. The fraction of sp³-hybridized carbons (Fsp3) is 0.0909. The number of nitrogens with one attached hydrogen (secondary N) is 1. The van der Waals surface area contributed by atoms with Crippen molar-refractivity contribution in [1.82, 2.24) is 4.98 Å². The number of halogens is 2. The maximum Gasteiger partial charge on any atom is 0.265 e. The maximum absolute atomic E-state index is 12.5. The van der Waals surface area contributed by atoms with E-state index in [0.717, 1.165) is 11.1 Å². The molecule has 3 aromatic carbocycles. The van der Waals surface area contributed by atoms with Crippen molar-refractivity contribution in [2.45, 2.75) is 13.0 Å². The lowest BCUT2D eigenvalue weighted by atomic mass is 10.2. The molecule has 0 aliphatic heterocycles. The molecule has 0 aliphatic rings. The molecule has 0 bridgehead atoms. The number of carbonyl (C=O) groups excluding carboxylic acids is 1. The van der Waals surface area contributed by atoms with Crippen LogP contribution in [0.25, 0.3) is 22.6 Å². The van der Waals surface area contributed by atoms with Crippen LogP contribution in [-0.2, 0) is 4.79 Å². The van der Waals surface area contributed by atoms with E-state index in [1.807, 2.05) is 36.4 Å². The smallest absolute Gasteiger partial charge is 0.265 e. The molecular weight excluding hydrogens is 411 g/mol. The van der Waals surface area contributed by atoms with Crippen LogP contribution in [0.3, 0.4) is 0 Å². The van der Waals surface area contributed by atoms with Crippen LogP contribution in [0.15, 0.2) is 71.1 Å². The molecule has 0 saturated heterocycles. The second-order valence-electron chi connectivity index (χ2n) is 6.39. The van der Waals surface area contributed by atoms with E-state index in [9.17, 15) is 4.79 Å². The van der Waals surface area contributed by atoms with E-state index in [-0.39, 0.29) is 5.91 Å². The summed E-state index contributed by atoms with van der Waals surface area (Å²) in [6.45, 7) is 1.64. The van der Waals surface area contributed by atoms with Gasteiger partial charge in [-0.15, -0.1) is 0 Å². The lowest BCUT2D eigenvalue weighted by molar-refractivity contribution is -0.122. The van der Waals surface area contributed by atoms with Crippen LogP contribution in [0.4, 0.5) is 5.69 Å². The standard InChI is InChI=1S/C22H16Cl2N2O3/c1-13(28-19-10-9-15(23)12-17(19)24)21(27)25-16-6-4-5-14(11-16)22-26-18-7-2-3-8-20(18)29-22/h2-13H,1H3,(H,25,27). The molecule has 0 spiro atoms. The number of para-hydroxylation sites is 2. The van der Waals surface area contributed by atoms with E-state index >= 15 is 0 Å². The fourth-order valence-electron chi connectivity index (χ4n) is 2.78. The van der Waals surface area contributed by atoms with Gasteiger partial charge < -0.3 is 14.5 Å². The van der Waals surface area contributed by atoms with E-state index in [4.69, 9.17) is 32.4 Å². The predicted octanol–water partition coefficient (Wildman–Crippen LogP) is 6.21. The van der Waals surface area contributed by atoms with Gasteiger partial charge in [0.1, 0.15) is 11.3 Å². The van der Waals surface area contributed by atoms with Crippen molar-refractivity contribution < 1.29 is 13.9 Å². The first kappa shape index (κ1) is 19.3. The number of nitrogens with zero attached hydrogens (tertiary/aromatic N) is 1. The Morgan fingerprint density at radius 2 is 1.90 bits per heavy atom. The van der Waals surface area contributed by atoms with E-state index in [1.165, 1.54) is 0 Å². The molecule has 29 heavy (non-hydrogen) atoms. The van der Waals surface area contributed by atoms with Crippen molar-refractivity contribution in [3.63, 3.8) is 0 Å². The lowest BCUT2D eigenvalue weighted by Gasteiger charge is -2.16. The van der Waals surface area contributed by atoms with Gasteiger partial charge in [0.25, 0.3) is 5.91 Å². The third kappa shape index (κ3) is 4.36. The van der Waals surface area contributed by atoms with Crippen molar-refractivity contribution in [2.75, 3.05) is 5.32 Å². The first-order valence-electron chi connectivity index (χ1n) is 8.88. The van der Waals surface area contributed by atoms with Gasteiger partial charge in [-0.05, 0) is 55.5 Å². The molecule has 4 rings (SSSR count). The summed E-state index contributed by atoms with van der Waals surface area (Å²) >= 11 is 12.0. The van der Waals surface area contributed by atoms with Crippen LogP contribution >= 0.6 is 23.2 Å². The number of anilines is 1. The molecule has 0 radical (unpaired) electrons.